The van der Waals surface area contributed by atoms with E-state index in [1.165, 1.54) is 11.8 Å². The van der Waals surface area contributed by atoms with Crippen molar-refractivity contribution in [3.63, 3.8) is 0 Å². The van der Waals surface area contributed by atoms with E-state index in [4.69, 9.17) is 46.4 Å². The molecule has 4 nitrogen and oxygen atoms in total. The summed E-state index contributed by atoms with van der Waals surface area (Å²) in [5.74, 6) is 0.727. The highest BCUT2D eigenvalue weighted by molar-refractivity contribution is 7.99. The van der Waals surface area contributed by atoms with Gasteiger partial charge in [-0.2, -0.15) is 0 Å². The monoisotopic (exact) mass is 548 g/mol. The predicted octanol–water partition coefficient (Wildman–Crippen LogP) is 7.11. The summed E-state index contributed by atoms with van der Waals surface area (Å²) in [5.41, 5.74) is 1.63. The van der Waals surface area contributed by atoms with Gasteiger partial charge in [-0.05, 0) is 47.7 Å². The number of carbonyl (C=O) groups is 2. The van der Waals surface area contributed by atoms with E-state index in [9.17, 15) is 9.59 Å². The Labute approximate surface area is 220 Å². The van der Waals surface area contributed by atoms with Gasteiger partial charge in [-0.25, -0.2) is 0 Å². The number of halogens is 4. The molecule has 1 N–H and O–H groups in total. The van der Waals surface area contributed by atoms with Crippen LogP contribution in [0.3, 0.4) is 0 Å². The lowest BCUT2D eigenvalue weighted by molar-refractivity contribution is -0.139. The van der Waals surface area contributed by atoms with Gasteiger partial charge in [0.1, 0.15) is 6.04 Å². The van der Waals surface area contributed by atoms with Crippen molar-refractivity contribution in [2.24, 2.45) is 5.92 Å². The van der Waals surface area contributed by atoms with Gasteiger partial charge in [0.25, 0.3) is 0 Å². The lowest BCUT2D eigenvalue weighted by Crippen LogP contribution is -2.50. The molecule has 0 fully saturated rings. The minimum absolute atomic E-state index is 0.150. The number of nitrogens with one attached hydrogen (secondary N) is 1. The van der Waals surface area contributed by atoms with E-state index in [2.05, 4.69) is 5.32 Å². The molecule has 0 bridgehead atoms. The number of nitrogens with zero attached hydrogens (tertiary/aromatic N) is 1. The van der Waals surface area contributed by atoms with Crippen LogP contribution in [0.4, 0.5) is 0 Å². The highest BCUT2D eigenvalue weighted by atomic mass is 35.5. The summed E-state index contributed by atoms with van der Waals surface area (Å²) in [7, 11) is 0. The molecular formula is C24H28Cl4N2O2S. The van der Waals surface area contributed by atoms with Gasteiger partial charge in [-0.3, -0.25) is 9.59 Å². The summed E-state index contributed by atoms with van der Waals surface area (Å²) in [6.45, 7) is 6.70. The second-order valence-electron chi connectivity index (χ2n) is 8.05. The van der Waals surface area contributed by atoms with Gasteiger partial charge in [0.2, 0.25) is 11.8 Å². The first-order valence-electron chi connectivity index (χ1n) is 10.6. The number of rotatable bonds is 11. The van der Waals surface area contributed by atoms with E-state index in [1.807, 2.05) is 26.8 Å². The second kappa shape index (κ2) is 13.7. The van der Waals surface area contributed by atoms with Gasteiger partial charge in [-0.1, -0.05) is 79.3 Å². The van der Waals surface area contributed by atoms with E-state index >= 15 is 0 Å². The fourth-order valence-electron chi connectivity index (χ4n) is 3.15. The van der Waals surface area contributed by atoms with Crippen molar-refractivity contribution in [3.8, 4) is 0 Å². The van der Waals surface area contributed by atoms with E-state index < -0.39 is 6.04 Å². The van der Waals surface area contributed by atoms with Crippen LogP contribution in [0.25, 0.3) is 0 Å². The summed E-state index contributed by atoms with van der Waals surface area (Å²) < 4.78 is 0. The number of hydrogen-bond acceptors (Lipinski definition) is 3. The molecule has 0 radical (unpaired) electrons. The van der Waals surface area contributed by atoms with Crippen LogP contribution in [0, 0.1) is 5.92 Å². The summed E-state index contributed by atoms with van der Waals surface area (Å²) in [5, 5.41) is 5.04. The molecule has 0 saturated carbocycles. The van der Waals surface area contributed by atoms with Gasteiger partial charge in [0.05, 0.1) is 5.75 Å². The molecule has 0 saturated heterocycles. The van der Waals surface area contributed by atoms with Crippen molar-refractivity contribution in [2.75, 3.05) is 12.3 Å². The molecule has 0 aromatic heterocycles. The topological polar surface area (TPSA) is 49.4 Å². The van der Waals surface area contributed by atoms with Gasteiger partial charge in [0.15, 0.2) is 0 Å². The quantitative estimate of drug-likeness (QED) is 0.325. The van der Waals surface area contributed by atoms with Gasteiger partial charge < -0.3 is 10.2 Å². The average molecular weight is 550 g/mol. The summed E-state index contributed by atoms with van der Waals surface area (Å²) >= 11 is 26.0. The number of thioether (sulfide) groups is 1. The maximum absolute atomic E-state index is 13.3. The lowest BCUT2D eigenvalue weighted by Gasteiger charge is -2.31. The first-order valence-corrected chi connectivity index (χ1v) is 13.3. The Morgan fingerprint density at radius 2 is 1.55 bits per heavy atom. The SMILES string of the molecule is CC[C@H](C(=O)NCC(C)C)N(Cc1ccc(Cl)cc1Cl)C(=O)CSCc1ccc(Cl)cc1Cl. The molecule has 1 atom stereocenters. The van der Waals surface area contributed by atoms with Crippen molar-refractivity contribution in [3.05, 3.63) is 67.6 Å². The van der Waals surface area contributed by atoms with E-state index in [-0.39, 0.29) is 24.1 Å². The Kier molecular flexibility index (Phi) is 11.7. The third kappa shape index (κ3) is 8.88. The zero-order valence-corrected chi connectivity index (χ0v) is 22.7. The Bertz CT molecular complexity index is 971. The first-order chi connectivity index (χ1) is 15.6. The summed E-state index contributed by atoms with van der Waals surface area (Å²) in [4.78, 5) is 27.8. The van der Waals surface area contributed by atoms with Crippen molar-refractivity contribution < 1.29 is 9.59 Å². The highest BCUT2D eigenvalue weighted by Crippen LogP contribution is 2.27. The fraction of sp³-hybridized carbons (Fsp3) is 0.417. The number of benzene rings is 2. The Morgan fingerprint density at radius 3 is 2.06 bits per heavy atom. The number of amides is 2. The van der Waals surface area contributed by atoms with Crippen LogP contribution in [0.15, 0.2) is 36.4 Å². The summed E-state index contributed by atoms with van der Waals surface area (Å²) in [6.07, 6.45) is 0.481. The first kappa shape index (κ1) is 28.1. The average Bonchev–Trinajstić information content (AvgIpc) is 2.75. The van der Waals surface area contributed by atoms with Gasteiger partial charge in [0, 0.05) is 38.9 Å². The van der Waals surface area contributed by atoms with E-state index in [0.717, 1.165) is 11.1 Å². The van der Waals surface area contributed by atoms with Crippen LogP contribution >= 0.6 is 58.2 Å². The largest absolute Gasteiger partial charge is 0.354 e. The third-order valence-electron chi connectivity index (χ3n) is 4.92. The smallest absolute Gasteiger partial charge is 0.242 e. The van der Waals surface area contributed by atoms with Crippen molar-refractivity contribution in [2.45, 2.75) is 45.5 Å². The molecule has 9 heteroatoms. The van der Waals surface area contributed by atoms with Crippen LogP contribution < -0.4 is 5.32 Å². The van der Waals surface area contributed by atoms with Gasteiger partial charge in [-0.15, -0.1) is 11.8 Å². The molecule has 0 spiro atoms. The van der Waals surface area contributed by atoms with Crippen molar-refractivity contribution >= 4 is 70.0 Å². The number of hydrogen-bond donors (Lipinski definition) is 1. The third-order valence-corrected chi connectivity index (χ3v) is 7.06. The van der Waals surface area contributed by atoms with E-state index in [1.54, 1.807) is 35.2 Å². The molecule has 0 aliphatic carbocycles. The molecule has 2 amide bonds. The standard InChI is InChI=1S/C24H28Cl4N2O2S/c1-4-22(24(32)29-11-15(2)3)30(12-16-5-7-18(25)9-20(16)27)23(31)14-33-13-17-6-8-19(26)10-21(17)28/h5-10,15,22H,4,11-14H2,1-3H3,(H,29,32)/t22-/m1/s1. The maximum Gasteiger partial charge on any atom is 0.242 e. The Balaban J connectivity index is 2.18. The molecule has 0 aliphatic heterocycles. The molecule has 2 aromatic rings. The molecule has 0 unspecified atom stereocenters. The molecule has 2 aromatic carbocycles. The molecular weight excluding hydrogens is 522 g/mol. The molecule has 180 valence electrons. The minimum Gasteiger partial charge on any atom is -0.354 e. The maximum atomic E-state index is 13.3. The highest BCUT2D eigenvalue weighted by Gasteiger charge is 2.29. The van der Waals surface area contributed by atoms with Crippen LogP contribution in [0.2, 0.25) is 20.1 Å². The molecule has 2 rings (SSSR count). The predicted molar refractivity (Wildman–Crippen MR) is 142 cm³/mol. The van der Waals surface area contributed by atoms with Crippen molar-refractivity contribution in [1.82, 2.24) is 10.2 Å². The van der Waals surface area contributed by atoms with Crippen LogP contribution in [-0.4, -0.2) is 35.1 Å². The normalized spacial score (nSPS) is 12.0. The zero-order valence-electron chi connectivity index (χ0n) is 18.8. The second-order valence-corrected chi connectivity index (χ2v) is 10.7. The zero-order chi connectivity index (χ0) is 24.5. The molecule has 0 heterocycles. The Morgan fingerprint density at radius 1 is 0.970 bits per heavy atom. The van der Waals surface area contributed by atoms with Crippen LogP contribution in [-0.2, 0) is 21.9 Å². The Hall–Kier alpha value is -1.11. The number of carbonyl (C=O) groups excluding carboxylic acids is 2. The van der Waals surface area contributed by atoms with Crippen LogP contribution in [0.5, 0.6) is 0 Å². The van der Waals surface area contributed by atoms with Crippen LogP contribution in [0.1, 0.15) is 38.3 Å². The molecule has 0 aliphatic rings. The fourth-order valence-corrected chi connectivity index (χ4v) is 5.08. The lowest BCUT2D eigenvalue weighted by atomic mass is 10.1. The van der Waals surface area contributed by atoms with Gasteiger partial charge >= 0.3 is 0 Å². The minimum atomic E-state index is -0.609. The van der Waals surface area contributed by atoms with E-state index in [0.29, 0.717) is 44.7 Å². The summed E-state index contributed by atoms with van der Waals surface area (Å²) in [6, 6.07) is 9.84. The van der Waals surface area contributed by atoms with Crippen molar-refractivity contribution in [1.29, 1.82) is 0 Å². The molecule has 33 heavy (non-hydrogen) atoms.